The standard InChI is InChI=1S/C14H25F3N4O.HI/c1-18-13(19-5-7-22-9-11-2-3-11)20-12-4-6-21(8-12)10-14(15,16)17;/h11-12H,2-10H2,1H3,(H2,18,19,20);1H. The zero-order valence-corrected chi connectivity index (χ0v) is 15.7. The summed E-state index contributed by atoms with van der Waals surface area (Å²) in [5.74, 6) is 1.37. The van der Waals surface area contributed by atoms with Crippen molar-refractivity contribution in [3.05, 3.63) is 0 Å². The van der Waals surface area contributed by atoms with Crippen LogP contribution in [0.3, 0.4) is 0 Å². The molecule has 5 nitrogen and oxygen atoms in total. The molecular formula is C14H26F3IN4O. The molecule has 1 heterocycles. The molecule has 0 aromatic carbocycles. The summed E-state index contributed by atoms with van der Waals surface area (Å²) in [6.07, 6.45) is -0.901. The lowest BCUT2D eigenvalue weighted by Crippen LogP contribution is -2.46. The molecule has 136 valence electrons. The summed E-state index contributed by atoms with van der Waals surface area (Å²) in [5.41, 5.74) is 0. The van der Waals surface area contributed by atoms with E-state index in [-0.39, 0.29) is 30.0 Å². The summed E-state index contributed by atoms with van der Waals surface area (Å²) >= 11 is 0. The lowest BCUT2D eigenvalue weighted by molar-refractivity contribution is -0.143. The highest BCUT2D eigenvalue weighted by Crippen LogP contribution is 2.28. The van der Waals surface area contributed by atoms with Crippen LogP contribution in [0.1, 0.15) is 19.3 Å². The first-order valence-corrected chi connectivity index (χ1v) is 7.80. The number of likely N-dealkylation sites (tertiary alicyclic amines) is 1. The van der Waals surface area contributed by atoms with Crippen molar-refractivity contribution in [2.45, 2.75) is 31.5 Å². The van der Waals surface area contributed by atoms with Crippen molar-refractivity contribution in [1.29, 1.82) is 0 Å². The first-order valence-electron chi connectivity index (χ1n) is 7.80. The van der Waals surface area contributed by atoms with Gasteiger partial charge < -0.3 is 15.4 Å². The van der Waals surface area contributed by atoms with Crippen LogP contribution in [-0.4, -0.2) is 69.5 Å². The minimum absolute atomic E-state index is 0. The van der Waals surface area contributed by atoms with Gasteiger partial charge in [-0.25, -0.2) is 0 Å². The van der Waals surface area contributed by atoms with E-state index >= 15 is 0 Å². The molecule has 0 aromatic heterocycles. The molecule has 1 saturated carbocycles. The fourth-order valence-corrected chi connectivity index (χ4v) is 2.51. The number of hydrogen-bond acceptors (Lipinski definition) is 3. The Balaban J connectivity index is 0.00000264. The van der Waals surface area contributed by atoms with Crippen molar-refractivity contribution >= 4 is 29.9 Å². The Morgan fingerprint density at radius 3 is 2.65 bits per heavy atom. The molecule has 1 aliphatic carbocycles. The van der Waals surface area contributed by atoms with Gasteiger partial charge in [-0.05, 0) is 25.2 Å². The minimum Gasteiger partial charge on any atom is -0.379 e. The summed E-state index contributed by atoms with van der Waals surface area (Å²) in [6.45, 7) is 2.08. The Morgan fingerprint density at radius 1 is 1.30 bits per heavy atom. The number of halogens is 4. The van der Waals surface area contributed by atoms with Crippen LogP contribution in [-0.2, 0) is 4.74 Å². The molecule has 1 aliphatic heterocycles. The van der Waals surface area contributed by atoms with E-state index in [2.05, 4.69) is 15.6 Å². The lowest BCUT2D eigenvalue weighted by Gasteiger charge is -2.19. The van der Waals surface area contributed by atoms with Gasteiger partial charge in [-0.2, -0.15) is 13.2 Å². The maximum atomic E-state index is 12.4. The van der Waals surface area contributed by atoms with E-state index < -0.39 is 12.7 Å². The van der Waals surface area contributed by atoms with Crippen LogP contribution in [0.25, 0.3) is 0 Å². The maximum absolute atomic E-state index is 12.4. The molecule has 9 heteroatoms. The lowest BCUT2D eigenvalue weighted by atomic mass is 10.3. The number of hydrogen-bond donors (Lipinski definition) is 2. The zero-order valence-electron chi connectivity index (χ0n) is 13.4. The highest BCUT2D eigenvalue weighted by atomic mass is 127. The third-order valence-corrected chi connectivity index (χ3v) is 3.83. The Kier molecular flexibility index (Phi) is 8.91. The van der Waals surface area contributed by atoms with Crippen LogP contribution >= 0.6 is 24.0 Å². The van der Waals surface area contributed by atoms with Gasteiger partial charge in [0, 0.05) is 39.3 Å². The molecule has 2 rings (SSSR count). The predicted molar refractivity (Wildman–Crippen MR) is 94.4 cm³/mol. The molecule has 0 aromatic rings. The summed E-state index contributed by atoms with van der Waals surface area (Å²) < 4.78 is 42.6. The predicted octanol–water partition coefficient (Wildman–Crippen LogP) is 1.83. The molecule has 1 unspecified atom stereocenters. The van der Waals surface area contributed by atoms with Crippen molar-refractivity contribution < 1.29 is 17.9 Å². The van der Waals surface area contributed by atoms with E-state index in [9.17, 15) is 13.2 Å². The van der Waals surface area contributed by atoms with E-state index in [1.165, 1.54) is 17.7 Å². The number of guanidine groups is 1. The number of ether oxygens (including phenoxy) is 1. The van der Waals surface area contributed by atoms with Crippen LogP contribution in [0.15, 0.2) is 4.99 Å². The second-order valence-electron chi connectivity index (χ2n) is 6.00. The molecule has 0 spiro atoms. The van der Waals surface area contributed by atoms with Gasteiger partial charge in [0.1, 0.15) is 0 Å². The summed E-state index contributed by atoms with van der Waals surface area (Å²) in [4.78, 5) is 5.51. The van der Waals surface area contributed by atoms with Crippen LogP contribution in [0.4, 0.5) is 13.2 Å². The monoisotopic (exact) mass is 450 g/mol. The third-order valence-electron chi connectivity index (χ3n) is 3.83. The van der Waals surface area contributed by atoms with Gasteiger partial charge in [0.2, 0.25) is 0 Å². The Morgan fingerprint density at radius 2 is 2.04 bits per heavy atom. The van der Waals surface area contributed by atoms with E-state index in [1.54, 1.807) is 7.05 Å². The van der Waals surface area contributed by atoms with Crippen LogP contribution < -0.4 is 10.6 Å². The summed E-state index contributed by atoms with van der Waals surface area (Å²) in [7, 11) is 1.66. The van der Waals surface area contributed by atoms with Crippen LogP contribution in [0.5, 0.6) is 0 Å². The Labute approximate surface area is 152 Å². The number of alkyl halides is 3. The average Bonchev–Trinajstić information content (AvgIpc) is 3.16. The molecule has 1 saturated heterocycles. The van der Waals surface area contributed by atoms with Gasteiger partial charge in [-0.3, -0.25) is 9.89 Å². The van der Waals surface area contributed by atoms with Gasteiger partial charge >= 0.3 is 6.18 Å². The number of aliphatic imine (C=N–C) groups is 1. The van der Waals surface area contributed by atoms with Gasteiger partial charge in [-0.1, -0.05) is 0 Å². The third kappa shape index (κ3) is 8.94. The molecule has 2 N–H and O–H groups in total. The van der Waals surface area contributed by atoms with Gasteiger partial charge in [0.25, 0.3) is 0 Å². The highest BCUT2D eigenvalue weighted by Gasteiger charge is 2.34. The van der Waals surface area contributed by atoms with E-state index in [1.807, 2.05) is 0 Å². The molecule has 23 heavy (non-hydrogen) atoms. The topological polar surface area (TPSA) is 48.9 Å². The van der Waals surface area contributed by atoms with E-state index in [4.69, 9.17) is 4.74 Å². The highest BCUT2D eigenvalue weighted by molar-refractivity contribution is 14.0. The van der Waals surface area contributed by atoms with Crippen molar-refractivity contribution in [3.8, 4) is 0 Å². The number of nitrogens with one attached hydrogen (secondary N) is 2. The molecular weight excluding hydrogens is 424 g/mol. The Bertz CT molecular complexity index is 378. The largest absolute Gasteiger partial charge is 0.401 e. The smallest absolute Gasteiger partial charge is 0.379 e. The second-order valence-corrected chi connectivity index (χ2v) is 6.00. The van der Waals surface area contributed by atoms with E-state index in [0.29, 0.717) is 38.6 Å². The second kappa shape index (κ2) is 9.87. The van der Waals surface area contributed by atoms with Crippen LogP contribution in [0, 0.1) is 5.92 Å². The van der Waals surface area contributed by atoms with Crippen molar-refractivity contribution in [2.75, 3.05) is 46.4 Å². The van der Waals surface area contributed by atoms with Crippen LogP contribution in [0.2, 0.25) is 0 Å². The van der Waals surface area contributed by atoms with E-state index in [0.717, 1.165) is 12.5 Å². The number of rotatable bonds is 7. The summed E-state index contributed by atoms with van der Waals surface area (Å²) in [5, 5.41) is 6.29. The molecule has 2 aliphatic rings. The number of nitrogens with zero attached hydrogens (tertiary/aromatic N) is 2. The molecule has 2 fully saturated rings. The first-order chi connectivity index (χ1) is 10.5. The SMILES string of the molecule is CN=C(NCCOCC1CC1)NC1CCN(CC(F)(F)F)C1.I. The molecule has 1 atom stereocenters. The van der Waals surface area contributed by atoms with Crippen molar-refractivity contribution in [2.24, 2.45) is 10.9 Å². The fraction of sp³-hybridized carbons (Fsp3) is 0.929. The summed E-state index contributed by atoms with van der Waals surface area (Å²) in [6, 6.07) is 0.000863. The zero-order chi connectivity index (χ0) is 16.0. The average molecular weight is 450 g/mol. The normalized spacial score (nSPS) is 22.8. The van der Waals surface area contributed by atoms with Gasteiger partial charge in [-0.15, -0.1) is 24.0 Å². The quantitative estimate of drug-likeness (QED) is 0.269. The minimum atomic E-state index is -4.13. The maximum Gasteiger partial charge on any atom is 0.401 e. The van der Waals surface area contributed by atoms with Crippen molar-refractivity contribution in [1.82, 2.24) is 15.5 Å². The van der Waals surface area contributed by atoms with Gasteiger partial charge in [0.15, 0.2) is 5.96 Å². The molecule has 0 radical (unpaired) electrons. The Hall–Kier alpha value is -0.290. The molecule has 0 bridgehead atoms. The van der Waals surface area contributed by atoms with Crippen molar-refractivity contribution in [3.63, 3.8) is 0 Å². The first kappa shape index (κ1) is 20.8. The fourth-order valence-electron chi connectivity index (χ4n) is 2.51. The van der Waals surface area contributed by atoms with Gasteiger partial charge in [0.05, 0.1) is 13.2 Å². The molecule has 0 amide bonds.